The molecule has 3 atom stereocenters. The molecule has 0 aromatic rings. The zero-order valence-corrected chi connectivity index (χ0v) is 9.81. The topological polar surface area (TPSA) is 116 Å². The summed E-state index contributed by atoms with van der Waals surface area (Å²) < 4.78 is 4.69. The summed E-state index contributed by atoms with van der Waals surface area (Å²) in [5.41, 5.74) is 10.8. The van der Waals surface area contributed by atoms with Gasteiger partial charge in [-0.3, -0.25) is 9.59 Å². The average molecular weight is 253 g/mol. The fourth-order valence-corrected chi connectivity index (χ4v) is 1.27. The summed E-state index contributed by atoms with van der Waals surface area (Å²) in [6.45, 7) is 1.93. The predicted molar refractivity (Wildman–Crippen MR) is 59.1 cm³/mol. The fourth-order valence-electron chi connectivity index (χ4n) is 1.04. The molecule has 0 aromatic carbocycles. The molecular formula is C9H17ClN2O4. The van der Waals surface area contributed by atoms with E-state index >= 15 is 0 Å². The molecule has 0 bridgehead atoms. The number of halogens is 1. The summed E-state index contributed by atoms with van der Waals surface area (Å²) in [6, 6.07) is -1.95. The summed E-state index contributed by atoms with van der Waals surface area (Å²) in [6.07, 6.45) is 0.489. The molecule has 0 spiro atoms. The Hall–Kier alpha value is -0.850. The van der Waals surface area contributed by atoms with E-state index < -0.39 is 29.4 Å². The predicted octanol–water partition coefficient (Wildman–Crippen LogP) is -0.324. The van der Waals surface area contributed by atoms with E-state index in [0.29, 0.717) is 0 Å². The maximum absolute atomic E-state index is 11.1. The van der Waals surface area contributed by atoms with Crippen LogP contribution >= 0.6 is 11.6 Å². The molecule has 7 heteroatoms. The monoisotopic (exact) mass is 252 g/mol. The van der Waals surface area contributed by atoms with Crippen molar-refractivity contribution in [2.75, 3.05) is 6.61 Å². The molecule has 0 aliphatic rings. The SMILES string of the molecule is CCOC(=O)[C@@H](N)CCC(Cl)C(N)C(=O)O. The van der Waals surface area contributed by atoms with E-state index in [1.807, 2.05) is 0 Å². The van der Waals surface area contributed by atoms with Gasteiger partial charge in [0.1, 0.15) is 12.1 Å². The second-order valence-corrected chi connectivity index (χ2v) is 3.88. The molecule has 0 heterocycles. The Labute approximate surface area is 98.9 Å². The van der Waals surface area contributed by atoms with Gasteiger partial charge in [0, 0.05) is 0 Å². The average Bonchev–Trinajstić information content (AvgIpc) is 2.24. The molecule has 5 N–H and O–H groups in total. The maximum Gasteiger partial charge on any atom is 0.322 e. The van der Waals surface area contributed by atoms with Crippen molar-refractivity contribution in [3.63, 3.8) is 0 Å². The van der Waals surface area contributed by atoms with Gasteiger partial charge < -0.3 is 21.3 Å². The summed E-state index contributed by atoms with van der Waals surface area (Å²) in [7, 11) is 0. The van der Waals surface area contributed by atoms with Crippen LogP contribution in [0.2, 0.25) is 0 Å². The van der Waals surface area contributed by atoms with Crippen LogP contribution in [0.5, 0.6) is 0 Å². The molecule has 0 fully saturated rings. The Morgan fingerprint density at radius 1 is 1.38 bits per heavy atom. The quantitative estimate of drug-likeness (QED) is 0.422. The van der Waals surface area contributed by atoms with Gasteiger partial charge in [0.25, 0.3) is 0 Å². The minimum Gasteiger partial charge on any atom is -0.480 e. The van der Waals surface area contributed by atoms with E-state index in [-0.39, 0.29) is 19.4 Å². The lowest BCUT2D eigenvalue weighted by Crippen LogP contribution is -2.40. The van der Waals surface area contributed by atoms with Crippen molar-refractivity contribution in [2.45, 2.75) is 37.2 Å². The molecule has 16 heavy (non-hydrogen) atoms. The Morgan fingerprint density at radius 2 is 1.94 bits per heavy atom. The molecule has 0 saturated heterocycles. The number of rotatable bonds is 7. The number of carbonyl (C=O) groups is 2. The number of ether oxygens (including phenoxy) is 1. The van der Waals surface area contributed by atoms with Crippen LogP contribution in [0.1, 0.15) is 19.8 Å². The first-order chi connectivity index (χ1) is 7.40. The Morgan fingerprint density at radius 3 is 2.38 bits per heavy atom. The fraction of sp³-hybridized carbons (Fsp3) is 0.778. The van der Waals surface area contributed by atoms with Crippen molar-refractivity contribution in [2.24, 2.45) is 11.5 Å². The number of carboxylic acid groups (broad SMARTS) is 1. The number of esters is 1. The molecule has 0 amide bonds. The third kappa shape index (κ3) is 5.29. The van der Waals surface area contributed by atoms with Crippen molar-refractivity contribution >= 4 is 23.5 Å². The van der Waals surface area contributed by atoms with Gasteiger partial charge in [-0.1, -0.05) is 0 Å². The zero-order chi connectivity index (χ0) is 12.7. The van der Waals surface area contributed by atoms with Crippen molar-refractivity contribution in [1.82, 2.24) is 0 Å². The highest BCUT2D eigenvalue weighted by molar-refractivity contribution is 6.22. The van der Waals surface area contributed by atoms with Crippen LogP contribution in [0.3, 0.4) is 0 Å². The highest BCUT2D eigenvalue weighted by Gasteiger charge is 2.24. The first-order valence-corrected chi connectivity index (χ1v) is 5.38. The van der Waals surface area contributed by atoms with Gasteiger partial charge in [0.2, 0.25) is 0 Å². The summed E-state index contributed by atoms with van der Waals surface area (Å²) in [4.78, 5) is 21.6. The van der Waals surface area contributed by atoms with Gasteiger partial charge in [-0.2, -0.15) is 0 Å². The molecule has 0 aromatic heterocycles. The molecule has 6 nitrogen and oxygen atoms in total. The third-order valence-corrected chi connectivity index (χ3v) is 2.51. The smallest absolute Gasteiger partial charge is 0.322 e. The number of alkyl halides is 1. The highest BCUT2D eigenvalue weighted by Crippen LogP contribution is 2.11. The van der Waals surface area contributed by atoms with E-state index in [0.717, 1.165) is 0 Å². The lowest BCUT2D eigenvalue weighted by atomic mass is 10.1. The number of hydrogen-bond acceptors (Lipinski definition) is 5. The largest absolute Gasteiger partial charge is 0.480 e. The van der Waals surface area contributed by atoms with Crippen molar-refractivity contribution < 1.29 is 19.4 Å². The number of nitrogens with two attached hydrogens (primary N) is 2. The van der Waals surface area contributed by atoms with Gasteiger partial charge in [-0.05, 0) is 19.8 Å². The van der Waals surface area contributed by atoms with Crippen molar-refractivity contribution in [3.05, 3.63) is 0 Å². The van der Waals surface area contributed by atoms with Crippen LogP contribution in [0.25, 0.3) is 0 Å². The van der Waals surface area contributed by atoms with E-state index in [1.54, 1.807) is 6.92 Å². The molecule has 0 saturated carbocycles. The van der Waals surface area contributed by atoms with Crippen molar-refractivity contribution in [1.29, 1.82) is 0 Å². The molecule has 0 aliphatic carbocycles. The Kier molecular flexibility index (Phi) is 7.03. The first kappa shape index (κ1) is 15.2. The molecule has 94 valence electrons. The normalized spacial score (nSPS) is 16.2. The molecular weight excluding hydrogens is 236 g/mol. The lowest BCUT2D eigenvalue weighted by Gasteiger charge is -2.16. The van der Waals surface area contributed by atoms with Crippen LogP contribution in [-0.2, 0) is 14.3 Å². The highest BCUT2D eigenvalue weighted by atomic mass is 35.5. The van der Waals surface area contributed by atoms with E-state index in [1.165, 1.54) is 0 Å². The van der Waals surface area contributed by atoms with E-state index in [4.69, 9.17) is 28.2 Å². The van der Waals surface area contributed by atoms with Crippen LogP contribution < -0.4 is 11.5 Å². The van der Waals surface area contributed by atoms with Gasteiger partial charge in [0.05, 0.1) is 12.0 Å². The van der Waals surface area contributed by atoms with Crippen molar-refractivity contribution in [3.8, 4) is 0 Å². The Bertz CT molecular complexity index is 250. The lowest BCUT2D eigenvalue weighted by molar-refractivity contribution is -0.144. The first-order valence-electron chi connectivity index (χ1n) is 4.94. The summed E-state index contributed by atoms with van der Waals surface area (Å²) in [5.74, 6) is -1.69. The Balaban J connectivity index is 3.95. The standard InChI is InChI=1S/C9H17ClN2O4/c1-2-16-9(15)6(11)4-3-5(10)7(12)8(13)14/h5-7H,2-4,11-12H2,1H3,(H,13,14)/t5?,6-,7?/m0/s1. The second kappa shape index (κ2) is 7.43. The van der Waals surface area contributed by atoms with Gasteiger partial charge >= 0.3 is 11.9 Å². The molecule has 2 unspecified atom stereocenters. The van der Waals surface area contributed by atoms with E-state index in [9.17, 15) is 9.59 Å². The number of hydrogen-bond donors (Lipinski definition) is 3. The van der Waals surface area contributed by atoms with Gasteiger partial charge in [-0.25, -0.2) is 0 Å². The molecule has 0 rings (SSSR count). The van der Waals surface area contributed by atoms with Crippen LogP contribution in [0, 0.1) is 0 Å². The third-order valence-electron chi connectivity index (χ3n) is 2.02. The molecule has 0 aliphatic heterocycles. The van der Waals surface area contributed by atoms with E-state index in [2.05, 4.69) is 4.74 Å². The minimum atomic E-state index is -1.18. The summed E-state index contributed by atoms with van der Waals surface area (Å²) >= 11 is 5.74. The molecule has 0 radical (unpaired) electrons. The van der Waals surface area contributed by atoms with Crippen LogP contribution in [0.4, 0.5) is 0 Å². The van der Waals surface area contributed by atoms with Gasteiger partial charge in [-0.15, -0.1) is 11.6 Å². The second-order valence-electron chi connectivity index (χ2n) is 3.32. The van der Waals surface area contributed by atoms with Crippen LogP contribution in [-0.4, -0.2) is 41.1 Å². The number of carbonyl (C=O) groups excluding carboxylic acids is 1. The van der Waals surface area contributed by atoms with Crippen LogP contribution in [0.15, 0.2) is 0 Å². The minimum absolute atomic E-state index is 0.244. The number of aliphatic carboxylic acids is 1. The zero-order valence-electron chi connectivity index (χ0n) is 9.06. The number of carboxylic acids is 1. The maximum atomic E-state index is 11.1. The summed E-state index contributed by atoms with van der Waals surface area (Å²) in [5, 5.41) is 7.83. The van der Waals surface area contributed by atoms with Gasteiger partial charge in [0.15, 0.2) is 0 Å².